The molecule has 1 N–H and O–H groups in total. The van der Waals surface area contributed by atoms with E-state index in [-0.39, 0.29) is 22.6 Å². The molecule has 140 valence electrons. The number of thioether (sulfide) groups is 1. The Morgan fingerprint density at radius 2 is 2.00 bits per heavy atom. The first-order chi connectivity index (χ1) is 11.4. The molecule has 0 aromatic rings. The second-order valence-electron chi connectivity index (χ2n) is 8.20. The first kappa shape index (κ1) is 21.2. The van der Waals surface area contributed by atoms with Crippen molar-refractivity contribution in [1.82, 2.24) is 9.88 Å². The van der Waals surface area contributed by atoms with Crippen LogP contribution in [0.2, 0.25) is 39.3 Å². The van der Waals surface area contributed by atoms with Crippen LogP contribution in [0.15, 0.2) is 23.4 Å². The third-order valence-corrected chi connectivity index (χ3v) is 7.54. The summed E-state index contributed by atoms with van der Waals surface area (Å²) in [7, 11) is -3.62. The Morgan fingerprint density at radius 3 is 2.48 bits per heavy atom. The van der Waals surface area contributed by atoms with Gasteiger partial charge < -0.3 is 9.41 Å². The van der Waals surface area contributed by atoms with Gasteiger partial charge in [-0.25, -0.2) is 4.79 Å². The van der Waals surface area contributed by atoms with Crippen molar-refractivity contribution in [3.05, 3.63) is 23.4 Å². The molecule has 0 spiro atoms. The van der Waals surface area contributed by atoms with E-state index in [4.69, 9.17) is 4.43 Å². The van der Waals surface area contributed by atoms with Gasteiger partial charge in [0.1, 0.15) is 13.9 Å². The first-order valence-electron chi connectivity index (χ1n) is 8.38. The highest BCUT2D eigenvalue weighted by Crippen LogP contribution is 2.44. The average molecular weight is 511 g/mol. The monoisotopic (exact) mass is 510 g/mol. The number of nitrogens with one attached hydrogen (secondary N) is 1. The standard InChI is InChI=1S/C16H27IN2O3SSi2/c1-24(2,3)18-15-11(8-7-9-17)14(16(21)22-25(4,5)6)19-12(20)10-13(19)23-15/h7-8,13,15,18H,9-10H2,1-6H3/b8-7+/t13-,15?/m1/s1. The average Bonchev–Trinajstić information content (AvgIpc) is 2.41. The van der Waals surface area contributed by atoms with Crippen LogP contribution in [0.4, 0.5) is 0 Å². The van der Waals surface area contributed by atoms with Gasteiger partial charge in [-0.3, -0.25) is 9.69 Å². The molecule has 2 aliphatic heterocycles. The second-order valence-corrected chi connectivity index (χ2v) is 19.6. The number of halogens is 1. The van der Waals surface area contributed by atoms with E-state index in [0.29, 0.717) is 12.1 Å². The third kappa shape index (κ3) is 5.44. The fraction of sp³-hybridized carbons (Fsp3) is 0.625. The van der Waals surface area contributed by atoms with E-state index in [1.807, 2.05) is 31.8 Å². The molecule has 2 atom stereocenters. The number of carbonyl (C=O) groups is 2. The van der Waals surface area contributed by atoms with Gasteiger partial charge in [0.15, 0.2) is 0 Å². The molecule has 9 heteroatoms. The fourth-order valence-electron chi connectivity index (χ4n) is 2.64. The van der Waals surface area contributed by atoms with Gasteiger partial charge in [0, 0.05) is 10.0 Å². The molecular weight excluding hydrogens is 483 g/mol. The molecule has 5 nitrogen and oxygen atoms in total. The van der Waals surface area contributed by atoms with Crippen LogP contribution in [0.25, 0.3) is 0 Å². The Balaban J connectivity index is 2.49. The number of β-lactam (4-membered cyclic amide) rings is 1. The number of hydrogen-bond donors (Lipinski definition) is 1. The minimum Gasteiger partial charge on any atom is -0.515 e. The number of carbonyl (C=O) groups excluding carboxylic acids is 2. The molecule has 0 aromatic heterocycles. The van der Waals surface area contributed by atoms with Gasteiger partial charge in [-0.2, -0.15) is 0 Å². The summed E-state index contributed by atoms with van der Waals surface area (Å²) in [6.07, 6.45) is 4.50. The van der Waals surface area contributed by atoms with Crippen molar-refractivity contribution < 1.29 is 14.0 Å². The molecule has 0 radical (unpaired) electrons. The summed E-state index contributed by atoms with van der Waals surface area (Å²) in [5, 5.41) is 0.0479. The third-order valence-electron chi connectivity index (χ3n) is 3.54. The van der Waals surface area contributed by atoms with Crippen LogP contribution in [0, 0.1) is 0 Å². The second kappa shape index (κ2) is 7.87. The van der Waals surface area contributed by atoms with Crippen molar-refractivity contribution in [2.45, 2.75) is 56.5 Å². The highest BCUT2D eigenvalue weighted by atomic mass is 127. The molecule has 0 aromatic carbocycles. The quantitative estimate of drug-likeness (QED) is 0.256. The Kier molecular flexibility index (Phi) is 6.67. The molecule has 1 saturated heterocycles. The van der Waals surface area contributed by atoms with E-state index in [2.05, 4.69) is 47.2 Å². The molecule has 1 unspecified atom stereocenters. The van der Waals surface area contributed by atoms with Gasteiger partial charge in [0.25, 0.3) is 0 Å². The van der Waals surface area contributed by atoms with Crippen molar-refractivity contribution in [2.75, 3.05) is 4.43 Å². The predicted molar refractivity (Wildman–Crippen MR) is 118 cm³/mol. The lowest BCUT2D eigenvalue weighted by atomic mass is 10.1. The van der Waals surface area contributed by atoms with Crippen molar-refractivity contribution in [3.63, 3.8) is 0 Å². The molecule has 2 heterocycles. The summed E-state index contributed by atoms with van der Waals surface area (Å²) in [5.74, 6) is -0.347. The van der Waals surface area contributed by atoms with Crippen LogP contribution in [0.1, 0.15) is 6.42 Å². The lowest BCUT2D eigenvalue weighted by Crippen LogP contribution is -2.59. The van der Waals surface area contributed by atoms with Crippen molar-refractivity contribution in [2.24, 2.45) is 0 Å². The Hall–Kier alpha value is -0.106. The molecule has 0 bridgehead atoms. The number of nitrogens with zero attached hydrogens (tertiary/aromatic N) is 1. The molecule has 2 rings (SSSR count). The molecule has 2 aliphatic rings. The smallest absolute Gasteiger partial charge is 0.342 e. The van der Waals surface area contributed by atoms with Crippen LogP contribution in [-0.4, -0.2) is 48.5 Å². The summed E-state index contributed by atoms with van der Waals surface area (Å²) in [5.41, 5.74) is 1.32. The number of rotatable bonds is 6. The SMILES string of the molecule is C[Si](C)(C)NC1S[C@@H]2CC(=O)N2C(C(=O)O[Si](C)(C)C)=C1/C=C/CI. The summed E-state index contributed by atoms with van der Waals surface area (Å²) < 4.78 is 6.60. The number of allylic oxidation sites excluding steroid dienone is 1. The van der Waals surface area contributed by atoms with Gasteiger partial charge in [0.2, 0.25) is 14.2 Å². The predicted octanol–water partition coefficient (Wildman–Crippen LogP) is 3.67. The van der Waals surface area contributed by atoms with Crippen LogP contribution >= 0.6 is 34.4 Å². The van der Waals surface area contributed by atoms with E-state index in [0.717, 1.165) is 10.0 Å². The van der Waals surface area contributed by atoms with Gasteiger partial charge in [-0.15, -0.1) is 11.8 Å². The van der Waals surface area contributed by atoms with Gasteiger partial charge in [0.05, 0.1) is 17.2 Å². The summed E-state index contributed by atoms with van der Waals surface area (Å²) in [4.78, 5) is 30.5. The van der Waals surface area contributed by atoms with Crippen molar-refractivity contribution in [3.8, 4) is 0 Å². The number of amides is 1. The normalized spacial score (nSPS) is 24.4. The Bertz CT molecular complexity index is 626. The van der Waals surface area contributed by atoms with Crippen molar-refractivity contribution in [1.29, 1.82) is 0 Å². The summed E-state index contributed by atoms with van der Waals surface area (Å²) in [6.45, 7) is 12.7. The lowest BCUT2D eigenvalue weighted by Gasteiger charge is -2.48. The van der Waals surface area contributed by atoms with E-state index in [1.165, 1.54) is 0 Å². The summed E-state index contributed by atoms with van der Waals surface area (Å²) in [6, 6.07) is 0. The topological polar surface area (TPSA) is 58.6 Å². The fourth-order valence-corrected chi connectivity index (χ4v) is 7.06. The van der Waals surface area contributed by atoms with Gasteiger partial charge >= 0.3 is 5.97 Å². The minimum absolute atomic E-state index is 0.00635. The number of fused-ring (bicyclic) bond motifs is 1. The first-order valence-corrected chi connectivity index (χ1v) is 17.8. The minimum atomic E-state index is -2.05. The largest absolute Gasteiger partial charge is 0.515 e. The summed E-state index contributed by atoms with van der Waals surface area (Å²) >= 11 is 4.01. The molecule has 0 aliphatic carbocycles. The van der Waals surface area contributed by atoms with E-state index < -0.39 is 16.6 Å². The zero-order valence-electron chi connectivity index (χ0n) is 15.7. The number of hydrogen-bond acceptors (Lipinski definition) is 5. The van der Waals surface area contributed by atoms with Gasteiger partial charge in [-0.1, -0.05) is 54.4 Å². The highest BCUT2D eigenvalue weighted by Gasteiger charge is 2.49. The maximum absolute atomic E-state index is 12.9. The van der Waals surface area contributed by atoms with Gasteiger partial charge in [-0.05, 0) is 19.6 Å². The van der Waals surface area contributed by atoms with Crippen molar-refractivity contribution >= 4 is 62.8 Å². The number of alkyl halides is 1. The van der Waals surface area contributed by atoms with Crippen LogP contribution in [0.5, 0.6) is 0 Å². The maximum Gasteiger partial charge on any atom is 0.342 e. The van der Waals surface area contributed by atoms with E-state index in [1.54, 1.807) is 16.7 Å². The maximum atomic E-state index is 12.9. The zero-order valence-corrected chi connectivity index (χ0v) is 20.7. The molecule has 25 heavy (non-hydrogen) atoms. The van der Waals surface area contributed by atoms with Crippen LogP contribution < -0.4 is 4.98 Å². The highest BCUT2D eigenvalue weighted by molar-refractivity contribution is 14.1. The van der Waals surface area contributed by atoms with Crippen LogP contribution in [0.3, 0.4) is 0 Å². The Morgan fingerprint density at radius 1 is 1.36 bits per heavy atom. The Labute approximate surface area is 170 Å². The molecular formula is C16H27IN2O3SSi2. The molecule has 1 fully saturated rings. The van der Waals surface area contributed by atoms with Crippen LogP contribution in [-0.2, 0) is 14.0 Å². The van der Waals surface area contributed by atoms with E-state index in [9.17, 15) is 9.59 Å². The molecule has 1 amide bonds. The zero-order chi connectivity index (χ0) is 19.0. The lowest BCUT2D eigenvalue weighted by molar-refractivity contribution is -0.145. The van der Waals surface area contributed by atoms with E-state index >= 15 is 0 Å². The molecule has 0 saturated carbocycles.